The van der Waals surface area contributed by atoms with Crippen molar-refractivity contribution in [3.8, 4) is 11.1 Å². The number of nitrogens with zero attached hydrogens (tertiary/aromatic N) is 3. The smallest absolute Gasteiger partial charge is 0.276 e. The van der Waals surface area contributed by atoms with Crippen molar-refractivity contribution in [1.82, 2.24) is 14.3 Å². The number of rotatable bonds is 1. The Morgan fingerprint density at radius 1 is 1.15 bits per heavy atom. The van der Waals surface area contributed by atoms with E-state index in [-0.39, 0.29) is 32.4 Å². The van der Waals surface area contributed by atoms with Crippen LogP contribution in [-0.4, -0.2) is 27.6 Å². The van der Waals surface area contributed by atoms with Crippen molar-refractivity contribution in [3.05, 3.63) is 38.3 Å². The monoisotopic (exact) mass is 413 g/mol. The Morgan fingerprint density at radius 2 is 1.81 bits per heavy atom. The van der Waals surface area contributed by atoms with Gasteiger partial charge < -0.3 is 9.15 Å². The molecule has 0 atom stereocenters. The molecule has 27 heavy (non-hydrogen) atoms. The van der Waals surface area contributed by atoms with Crippen LogP contribution in [0.25, 0.3) is 22.2 Å². The molecule has 1 aliphatic rings. The number of hydrogen-bond acceptors (Lipinski definition) is 4. The van der Waals surface area contributed by atoms with Crippen LogP contribution in [0, 0.1) is 5.82 Å². The van der Waals surface area contributed by atoms with Crippen LogP contribution >= 0.6 is 23.2 Å². The maximum atomic E-state index is 15.0. The first kappa shape index (κ1) is 18.5. The molecule has 6 nitrogen and oxygen atoms in total. The number of benzene rings is 1. The van der Waals surface area contributed by atoms with Crippen molar-refractivity contribution < 1.29 is 13.5 Å². The van der Waals surface area contributed by atoms with E-state index in [0.717, 1.165) is 6.07 Å². The zero-order valence-corrected chi connectivity index (χ0v) is 16.6. The SMILES string of the molecule is CC(C)(C)c1nc2c(-c3c(Cl)n4n(c3=O)CCOCC4)c(F)cc(Cl)c2o1. The molecule has 0 radical (unpaired) electrons. The fraction of sp³-hybridized carbons (Fsp3) is 0.444. The predicted molar refractivity (Wildman–Crippen MR) is 101 cm³/mol. The highest BCUT2D eigenvalue weighted by Gasteiger charge is 2.30. The fourth-order valence-corrected chi connectivity index (χ4v) is 3.76. The Bertz CT molecular complexity index is 1110. The van der Waals surface area contributed by atoms with Gasteiger partial charge in [0, 0.05) is 5.41 Å². The van der Waals surface area contributed by atoms with E-state index in [9.17, 15) is 9.18 Å². The van der Waals surface area contributed by atoms with Gasteiger partial charge in [-0.2, -0.15) is 0 Å². The van der Waals surface area contributed by atoms with E-state index in [1.165, 1.54) is 4.68 Å². The summed E-state index contributed by atoms with van der Waals surface area (Å²) in [5.74, 6) is -0.269. The van der Waals surface area contributed by atoms with E-state index in [1.54, 1.807) is 4.68 Å². The summed E-state index contributed by atoms with van der Waals surface area (Å²) < 4.78 is 29.2. The van der Waals surface area contributed by atoms with Gasteiger partial charge in [-0.1, -0.05) is 44.0 Å². The standard InChI is InChI=1S/C18H18Cl2FN3O3/c1-18(2,3)17-22-13-11(10(21)8-9(19)14(13)27-17)12-15(20)23-4-6-26-7-5-24(23)16(12)25/h8H,4-7H2,1-3H3. The zero-order valence-electron chi connectivity index (χ0n) is 15.1. The maximum Gasteiger partial charge on any atom is 0.276 e. The molecule has 0 spiro atoms. The lowest BCUT2D eigenvalue weighted by molar-refractivity contribution is 0.137. The molecule has 3 heterocycles. The van der Waals surface area contributed by atoms with Crippen LogP contribution in [0.3, 0.4) is 0 Å². The van der Waals surface area contributed by atoms with Crippen LogP contribution in [0.1, 0.15) is 26.7 Å². The number of ether oxygens (including phenoxy) is 1. The number of aromatic nitrogens is 3. The molecule has 1 aromatic carbocycles. The summed E-state index contributed by atoms with van der Waals surface area (Å²) in [6.45, 7) is 7.31. The van der Waals surface area contributed by atoms with Gasteiger partial charge >= 0.3 is 0 Å². The lowest BCUT2D eigenvalue weighted by atomic mass is 9.97. The predicted octanol–water partition coefficient (Wildman–Crippen LogP) is 4.23. The van der Waals surface area contributed by atoms with Gasteiger partial charge in [0.1, 0.15) is 16.5 Å². The van der Waals surface area contributed by atoms with Crippen LogP contribution in [0.15, 0.2) is 15.3 Å². The van der Waals surface area contributed by atoms with Crippen molar-refractivity contribution in [3.63, 3.8) is 0 Å². The van der Waals surface area contributed by atoms with Gasteiger partial charge in [0.25, 0.3) is 5.56 Å². The number of hydrogen-bond donors (Lipinski definition) is 0. The molecule has 2 aromatic heterocycles. The fourth-order valence-electron chi connectivity index (χ4n) is 3.19. The average molecular weight is 414 g/mol. The Balaban J connectivity index is 2.06. The highest BCUT2D eigenvalue weighted by molar-refractivity contribution is 6.36. The number of oxazole rings is 1. The lowest BCUT2D eigenvalue weighted by Crippen LogP contribution is -2.23. The van der Waals surface area contributed by atoms with Gasteiger partial charge in [0.15, 0.2) is 5.58 Å². The summed E-state index contributed by atoms with van der Waals surface area (Å²) in [7, 11) is 0. The second-order valence-corrected chi connectivity index (χ2v) is 8.26. The highest BCUT2D eigenvalue weighted by Crippen LogP contribution is 2.39. The van der Waals surface area contributed by atoms with Crippen molar-refractivity contribution in [1.29, 1.82) is 0 Å². The van der Waals surface area contributed by atoms with Crippen molar-refractivity contribution in [2.24, 2.45) is 0 Å². The third-order valence-corrected chi connectivity index (χ3v) is 5.20. The van der Waals surface area contributed by atoms with E-state index >= 15 is 0 Å². The number of fused-ring (bicyclic) bond motifs is 2. The molecule has 3 aromatic rings. The van der Waals surface area contributed by atoms with Gasteiger partial charge in [-0.3, -0.25) is 9.48 Å². The molecule has 0 saturated carbocycles. The molecule has 0 N–H and O–H groups in total. The van der Waals surface area contributed by atoms with Gasteiger partial charge in [-0.15, -0.1) is 0 Å². The first-order valence-electron chi connectivity index (χ1n) is 8.56. The molecule has 0 fully saturated rings. The summed E-state index contributed by atoms with van der Waals surface area (Å²) >= 11 is 12.7. The molecule has 0 bridgehead atoms. The van der Waals surface area contributed by atoms with Crippen molar-refractivity contribution in [2.75, 3.05) is 13.2 Å². The van der Waals surface area contributed by atoms with Gasteiger partial charge in [-0.25, -0.2) is 14.1 Å². The summed E-state index contributed by atoms with van der Waals surface area (Å²) in [5.41, 5.74) is -0.299. The molecule has 0 saturated heterocycles. The Labute approximate surface area is 164 Å². The van der Waals surface area contributed by atoms with Gasteiger partial charge in [0.05, 0.1) is 42.5 Å². The molecule has 4 rings (SSSR count). The third kappa shape index (κ3) is 2.88. The summed E-state index contributed by atoms with van der Waals surface area (Å²) in [5, 5.41) is 0.243. The van der Waals surface area contributed by atoms with Crippen LogP contribution in [0.2, 0.25) is 10.2 Å². The van der Waals surface area contributed by atoms with Crippen LogP contribution < -0.4 is 5.56 Å². The molecule has 144 valence electrons. The molecule has 0 amide bonds. The zero-order chi connectivity index (χ0) is 19.5. The Hall–Kier alpha value is -1.83. The van der Waals surface area contributed by atoms with Crippen molar-refractivity contribution in [2.45, 2.75) is 39.3 Å². The van der Waals surface area contributed by atoms with E-state index < -0.39 is 16.8 Å². The molecular formula is C18H18Cl2FN3O3. The Kier molecular flexibility index (Phi) is 4.36. The third-order valence-electron chi connectivity index (χ3n) is 4.53. The van der Waals surface area contributed by atoms with E-state index in [0.29, 0.717) is 32.2 Å². The minimum Gasteiger partial charge on any atom is -0.439 e. The normalized spacial score (nSPS) is 15.2. The van der Waals surface area contributed by atoms with E-state index in [4.69, 9.17) is 32.4 Å². The first-order valence-corrected chi connectivity index (χ1v) is 9.32. The summed E-state index contributed by atoms with van der Waals surface area (Å²) in [6.07, 6.45) is 0. The summed E-state index contributed by atoms with van der Waals surface area (Å²) in [4.78, 5) is 17.5. The van der Waals surface area contributed by atoms with Gasteiger partial charge in [-0.05, 0) is 6.07 Å². The Morgan fingerprint density at radius 3 is 2.48 bits per heavy atom. The van der Waals surface area contributed by atoms with Crippen molar-refractivity contribution >= 4 is 34.3 Å². The highest BCUT2D eigenvalue weighted by atomic mass is 35.5. The first-order chi connectivity index (χ1) is 12.7. The van der Waals surface area contributed by atoms with E-state index in [2.05, 4.69) is 4.98 Å². The van der Waals surface area contributed by atoms with Gasteiger partial charge in [0.2, 0.25) is 5.89 Å². The minimum absolute atomic E-state index is 0.0117. The molecule has 0 aliphatic carbocycles. The number of halogens is 3. The average Bonchev–Trinajstić information content (AvgIpc) is 3.00. The quantitative estimate of drug-likeness (QED) is 0.598. The second-order valence-electron chi connectivity index (χ2n) is 7.49. The topological polar surface area (TPSA) is 62.2 Å². The molecule has 1 aliphatic heterocycles. The lowest BCUT2D eigenvalue weighted by Gasteiger charge is -2.11. The van der Waals surface area contributed by atoms with E-state index in [1.807, 2.05) is 20.8 Å². The largest absolute Gasteiger partial charge is 0.439 e. The van der Waals surface area contributed by atoms with Crippen LogP contribution in [0.5, 0.6) is 0 Å². The minimum atomic E-state index is -0.669. The summed E-state index contributed by atoms with van der Waals surface area (Å²) in [6, 6.07) is 1.13. The van der Waals surface area contributed by atoms with Crippen LogP contribution in [0.4, 0.5) is 4.39 Å². The second kappa shape index (κ2) is 6.36. The molecular weight excluding hydrogens is 396 g/mol. The maximum absolute atomic E-state index is 15.0. The molecule has 9 heteroatoms. The van der Waals surface area contributed by atoms with Crippen LogP contribution in [-0.2, 0) is 23.2 Å². The molecule has 0 unspecified atom stereocenters.